The summed E-state index contributed by atoms with van der Waals surface area (Å²) in [5.74, 6) is -0.423. The van der Waals surface area contributed by atoms with E-state index in [9.17, 15) is 4.57 Å². The molecule has 0 aliphatic carbocycles. The molecule has 1 atom stereocenters. The second-order valence-electron chi connectivity index (χ2n) is 4.51. The van der Waals surface area contributed by atoms with Crippen LogP contribution in [-0.4, -0.2) is 24.2 Å². The topological polar surface area (TPSA) is 65.0 Å². The van der Waals surface area contributed by atoms with Crippen molar-refractivity contribution in [1.82, 2.24) is 4.98 Å². The summed E-state index contributed by atoms with van der Waals surface area (Å²) in [6.45, 7) is 8.42. The summed E-state index contributed by atoms with van der Waals surface area (Å²) in [5, 5.41) is 1.98. The highest BCUT2D eigenvalue weighted by molar-refractivity contribution is 7.53. The van der Waals surface area contributed by atoms with E-state index in [-0.39, 0.29) is 6.04 Å². The molecule has 6 heteroatoms. The molecule has 1 heterocycles. The number of quaternary nitrogens is 1. The lowest BCUT2D eigenvalue weighted by atomic mass is 10.3. The van der Waals surface area contributed by atoms with Crippen molar-refractivity contribution in [3.63, 3.8) is 0 Å². The van der Waals surface area contributed by atoms with Crippen LogP contribution in [0.1, 0.15) is 39.2 Å². The Morgan fingerprint density at radius 2 is 1.89 bits per heavy atom. The predicted molar refractivity (Wildman–Crippen MR) is 74.9 cm³/mol. The van der Waals surface area contributed by atoms with Crippen LogP contribution in [0.3, 0.4) is 0 Å². The third-order valence-corrected chi connectivity index (χ3v) is 4.87. The van der Waals surface area contributed by atoms with E-state index in [4.69, 9.17) is 9.05 Å². The Kier molecular flexibility index (Phi) is 6.66. The number of pyridine rings is 1. The van der Waals surface area contributed by atoms with E-state index >= 15 is 0 Å². The van der Waals surface area contributed by atoms with Gasteiger partial charge in [0.05, 0.1) is 19.3 Å². The van der Waals surface area contributed by atoms with Gasteiger partial charge in [0.1, 0.15) is 5.69 Å². The largest absolute Gasteiger partial charge is 0.393 e. The molecular weight excluding hydrogens is 263 g/mol. The van der Waals surface area contributed by atoms with Gasteiger partial charge in [0.2, 0.25) is 5.78 Å². The van der Waals surface area contributed by atoms with Gasteiger partial charge in [0.15, 0.2) is 0 Å². The summed E-state index contributed by atoms with van der Waals surface area (Å²) in [4.78, 5) is 4.30. The minimum absolute atomic E-state index is 0.265. The van der Waals surface area contributed by atoms with Crippen LogP contribution < -0.4 is 5.32 Å². The third kappa shape index (κ3) is 4.69. The van der Waals surface area contributed by atoms with E-state index in [2.05, 4.69) is 4.98 Å². The summed E-state index contributed by atoms with van der Waals surface area (Å²) < 4.78 is 23.8. The molecule has 0 radical (unpaired) electrons. The van der Waals surface area contributed by atoms with Crippen LogP contribution in [0.2, 0.25) is 0 Å². The molecule has 0 aliphatic rings. The molecule has 1 aromatic rings. The Morgan fingerprint density at radius 1 is 1.26 bits per heavy atom. The van der Waals surface area contributed by atoms with Gasteiger partial charge in [0, 0.05) is 6.20 Å². The maximum atomic E-state index is 12.9. The van der Waals surface area contributed by atoms with Crippen molar-refractivity contribution < 1.29 is 18.9 Å². The predicted octanol–water partition coefficient (Wildman–Crippen LogP) is 2.32. The van der Waals surface area contributed by atoms with E-state index in [0.29, 0.717) is 13.2 Å². The van der Waals surface area contributed by atoms with Crippen LogP contribution in [0.5, 0.6) is 0 Å². The molecule has 108 valence electrons. The Bertz CT molecular complexity index is 402. The van der Waals surface area contributed by atoms with Crippen molar-refractivity contribution in [2.45, 2.75) is 39.5 Å². The maximum Gasteiger partial charge on any atom is 0.393 e. The minimum atomic E-state index is -3.22. The van der Waals surface area contributed by atoms with Gasteiger partial charge in [-0.3, -0.25) is 9.55 Å². The number of aromatic nitrogens is 1. The summed E-state index contributed by atoms with van der Waals surface area (Å²) in [6, 6.07) is 5.84. The SMILES string of the molecule is CCOP(=O)(OCC)C([NH2+]C(C)C)c1ccccn1. The van der Waals surface area contributed by atoms with Gasteiger partial charge in [-0.1, -0.05) is 6.07 Å². The summed E-state index contributed by atoms with van der Waals surface area (Å²) >= 11 is 0. The van der Waals surface area contributed by atoms with Crippen LogP contribution in [0.4, 0.5) is 0 Å². The standard InChI is InChI=1S/C13H23N2O3P/c1-5-17-19(16,18-6-2)13(15-11(3)4)12-9-7-8-10-14-12/h7-11,13,15H,5-6H2,1-4H3/p+1. The number of nitrogens with two attached hydrogens (primary N) is 1. The van der Waals surface area contributed by atoms with Crippen molar-refractivity contribution >= 4 is 7.60 Å². The van der Waals surface area contributed by atoms with Crippen LogP contribution in [-0.2, 0) is 13.6 Å². The van der Waals surface area contributed by atoms with Crippen molar-refractivity contribution in [2.24, 2.45) is 0 Å². The molecule has 19 heavy (non-hydrogen) atoms. The molecule has 2 N–H and O–H groups in total. The fourth-order valence-electron chi connectivity index (χ4n) is 1.84. The van der Waals surface area contributed by atoms with Gasteiger partial charge in [0.25, 0.3) is 0 Å². The first-order valence-electron chi connectivity index (χ1n) is 6.68. The van der Waals surface area contributed by atoms with Gasteiger partial charge in [-0.2, -0.15) is 0 Å². The third-order valence-electron chi connectivity index (χ3n) is 2.52. The average molecular weight is 287 g/mol. The Balaban J connectivity index is 3.10. The van der Waals surface area contributed by atoms with Gasteiger partial charge < -0.3 is 14.4 Å². The number of rotatable bonds is 8. The van der Waals surface area contributed by atoms with Crippen molar-refractivity contribution in [3.8, 4) is 0 Å². The first kappa shape index (κ1) is 16.3. The molecule has 5 nitrogen and oxygen atoms in total. The lowest BCUT2D eigenvalue weighted by molar-refractivity contribution is -0.705. The molecule has 0 fully saturated rings. The molecule has 0 amide bonds. The molecule has 0 spiro atoms. The number of hydrogen-bond donors (Lipinski definition) is 1. The summed E-state index contributed by atoms with van der Waals surface area (Å²) in [6.07, 6.45) is 1.69. The molecule has 0 saturated carbocycles. The Hall–Kier alpha value is -0.740. The minimum Gasteiger partial charge on any atom is -0.327 e. The normalized spacial score (nSPS) is 13.7. The van der Waals surface area contributed by atoms with Crippen molar-refractivity contribution in [1.29, 1.82) is 0 Å². The van der Waals surface area contributed by atoms with Gasteiger partial charge in [-0.05, 0) is 39.8 Å². The monoisotopic (exact) mass is 287 g/mol. The van der Waals surface area contributed by atoms with Crippen molar-refractivity contribution in [3.05, 3.63) is 30.1 Å². The van der Waals surface area contributed by atoms with Crippen molar-refractivity contribution in [2.75, 3.05) is 13.2 Å². The molecule has 0 aromatic carbocycles. The van der Waals surface area contributed by atoms with E-state index in [0.717, 1.165) is 5.69 Å². The van der Waals surface area contributed by atoms with E-state index < -0.39 is 13.4 Å². The first-order valence-corrected chi connectivity index (χ1v) is 8.29. The van der Waals surface area contributed by atoms with Crippen LogP contribution in [0.15, 0.2) is 24.4 Å². The molecule has 1 aromatic heterocycles. The average Bonchev–Trinajstić information content (AvgIpc) is 2.37. The van der Waals surface area contributed by atoms with Crippen LogP contribution >= 0.6 is 7.60 Å². The zero-order chi connectivity index (χ0) is 14.3. The lowest BCUT2D eigenvalue weighted by Crippen LogP contribution is -2.89. The Morgan fingerprint density at radius 3 is 2.32 bits per heavy atom. The molecule has 0 aliphatic heterocycles. The fraction of sp³-hybridized carbons (Fsp3) is 0.615. The Labute approximate surface area is 115 Å². The van der Waals surface area contributed by atoms with Gasteiger partial charge in [-0.25, -0.2) is 0 Å². The smallest absolute Gasteiger partial charge is 0.327 e. The zero-order valence-corrected chi connectivity index (χ0v) is 13.0. The highest BCUT2D eigenvalue weighted by atomic mass is 31.2. The highest BCUT2D eigenvalue weighted by Crippen LogP contribution is 2.57. The van der Waals surface area contributed by atoms with E-state index in [1.165, 1.54) is 0 Å². The molecule has 0 saturated heterocycles. The van der Waals surface area contributed by atoms with Gasteiger partial charge in [-0.15, -0.1) is 0 Å². The fourth-order valence-corrected chi connectivity index (χ4v) is 3.99. The lowest BCUT2D eigenvalue weighted by Gasteiger charge is -2.25. The second-order valence-corrected chi connectivity index (χ2v) is 6.66. The maximum absolute atomic E-state index is 12.9. The van der Waals surface area contributed by atoms with E-state index in [1.807, 2.05) is 51.2 Å². The van der Waals surface area contributed by atoms with Gasteiger partial charge >= 0.3 is 7.60 Å². The zero-order valence-electron chi connectivity index (χ0n) is 12.1. The summed E-state index contributed by atoms with van der Waals surface area (Å²) in [5.41, 5.74) is 0.724. The molecule has 1 unspecified atom stereocenters. The quantitative estimate of drug-likeness (QED) is 0.745. The first-order chi connectivity index (χ1) is 9.03. The number of nitrogens with zero attached hydrogens (tertiary/aromatic N) is 1. The summed E-state index contributed by atoms with van der Waals surface area (Å²) in [7, 11) is -3.22. The highest BCUT2D eigenvalue weighted by Gasteiger charge is 2.41. The van der Waals surface area contributed by atoms with Crippen LogP contribution in [0.25, 0.3) is 0 Å². The van der Waals surface area contributed by atoms with Crippen LogP contribution in [0, 0.1) is 0 Å². The molecular formula is C13H24N2O3P+. The molecule has 1 rings (SSSR count). The second kappa shape index (κ2) is 7.75. The molecule has 0 bridgehead atoms. The number of hydrogen-bond acceptors (Lipinski definition) is 4. The van der Waals surface area contributed by atoms with E-state index in [1.54, 1.807) is 6.20 Å².